The lowest BCUT2D eigenvalue weighted by Crippen LogP contribution is -2.46. The number of rotatable bonds is 7. The first-order valence-corrected chi connectivity index (χ1v) is 13.8. The van der Waals surface area contributed by atoms with E-state index in [0.717, 1.165) is 36.1 Å². The lowest BCUT2D eigenvalue weighted by atomic mass is 10.0. The molecular formula is C24H31ClN6O3S. The summed E-state index contributed by atoms with van der Waals surface area (Å²) in [5.41, 5.74) is 2.67. The number of likely N-dealkylation sites (tertiary alicyclic amines) is 1. The summed E-state index contributed by atoms with van der Waals surface area (Å²) in [4.78, 5) is 25.0. The van der Waals surface area contributed by atoms with E-state index in [4.69, 9.17) is 11.6 Å². The number of aromatic nitrogens is 2. The Labute approximate surface area is 210 Å². The van der Waals surface area contributed by atoms with Gasteiger partial charge >= 0.3 is 0 Å². The highest BCUT2D eigenvalue weighted by Crippen LogP contribution is 2.31. The van der Waals surface area contributed by atoms with Crippen LogP contribution < -0.4 is 14.9 Å². The normalized spacial score (nSPS) is 15.0. The van der Waals surface area contributed by atoms with Crippen LogP contribution in [0.2, 0.25) is 5.15 Å². The number of hydrogen-bond acceptors (Lipinski definition) is 6. The summed E-state index contributed by atoms with van der Waals surface area (Å²) in [5, 5.41) is 4.56. The van der Waals surface area contributed by atoms with Crippen molar-refractivity contribution in [3.63, 3.8) is 0 Å². The predicted octanol–water partition coefficient (Wildman–Crippen LogP) is 4.15. The number of piperidine rings is 1. The van der Waals surface area contributed by atoms with E-state index in [1.54, 1.807) is 30.5 Å². The van der Waals surface area contributed by atoms with Crippen molar-refractivity contribution >= 4 is 55.6 Å². The number of halogens is 1. The zero-order chi connectivity index (χ0) is 25.3. The molecule has 0 saturated carbocycles. The van der Waals surface area contributed by atoms with E-state index >= 15 is 0 Å². The van der Waals surface area contributed by atoms with Crippen molar-refractivity contribution in [3.05, 3.63) is 47.2 Å². The molecule has 3 aromatic rings. The van der Waals surface area contributed by atoms with Crippen LogP contribution in [0.5, 0.6) is 0 Å². The van der Waals surface area contributed by atoms with Crippen LogP contribution in [0.25, 0.3) is 10.9 Å². The molecule has 9 nitrogen and oxygen atoms in total. The van der Waals surface area contributed by atoms with Crippen molar-refractivity contribution < 1.29 is 13.2 Å². The van der Waals surface area contributed by atoms with Crippen molar-refractivity contribution in [1.82, 2.24) is 14.9 Å². The number of hydrogen-bond donors (Lipinski definition) is 3. The van der Waals surface area contributed by atoms with E-state index in [9.17, 15) is 13.2 Å². The van der Waals surface area contributed by atoms with Crippen molar-refractivity contribution in [2.75, 3.05) is 41.3 Å². The number of H-pyrrole nitrogens is 1. The molecule has 1 fully saturated rings. The Morgan fingerprint density at radius 3 is 2.60 bits per heavy atom. The molecule has 0 radical (unpaired) electrons. The number of nitrogens with zero attached hydrogens (tertiary/aromatic N) is 3. The minimum absolute atomic E-state index is 0.0723. The van der Waals surface area contributed by atoms with Gasteiger partial charge in [0.25, 0.3) is 5.91 Å². The van der Waals surface area contributed by atoms with Gasteiger partial charge in [-0.3, -0.25) is 9.52 Å². The molecule has 0 atom stereocenters. The van der Waals surface area contributed by atoms with Crippen LogP contribution in [0, 0.1) is 0 Å². The maximum Gasteiger partial charge on any atom is 0.256 e. The minimum Gasteiger partial charge on any atom is -0.380 e. The van der Waals surface area contributed by atoms with Crippen molar-refractivity contribution in [1.29, 1.82) is 0 Å². The molecule has 1 aliphatic heterocycles. The average molecular weight is 519 g/mol. The number of nitrogens with one attached hydrogen (secondary N) is 3. The summed E-state index contributed by atoms with van der Waals surface area (Å²) in [6.45, 7) is 5.37. The maximum absolute atomic E-state index is 13.4. The van der Waals surface area contributed by atoms with Crippen LogP contribution in [0.3, 0.4) is 0 Å². The van der Waals surface area contributed by atoms with Crippen molar-refractivity contribution in [3.8, 4) is 0 Å². The van der Waals surface area contributed by atoms with Crippen molar-refractivity contribution in [2.45, 2.75) is 38.8 Å². The van der Waals surface area contributed by atoms with Gasteiger partial charge in [0, 0.05) is 55.0 Å². The number of fused-ring (bicyclic) bond motifs is 1. The summed E-state index contributed by atoms with van der Waals surface area (Å²) in [5.74, 6) is 0.732. The summed E-state index contributed by atoms with van der Waals surface area (Å²) in [6, 6.07) is 9.32. The van der Waals surface area contributed by atoms with Crippen LogP contribution in [0.1, 0.15) is 37.0 Å². The Bertz CT molecular complexity index is 1330. The zero-order valence-electron chi connectivity index (χ0n) is 20.3. The van der Waals surface area contributed by atoms with Gasteiger partial charge in [-0.15, -0.1) is 0 Å². The Morgan fingerprint density at radius 2 is 1.94 bits per heavy atom. The van der Waals surface area contributed by atoms with E-state index in [1.807, 2.05) is 18.0 Å². The minimum atomic E-state index is -3.41. The summed E-state index contributed by atoms with van der Waals surface area (Å²) < 4.78 is 25.7. The molecule has 35 heavy (non-hydrogen) atoms. The molecule has 2 aromatic heterocycles. The summed E-state index contributed by atoms with van der Waals surface area (Å²) in [7, 11) is -1.39. The number of carbonyl (C=O) groups is 1. The lowest BCUT2D eigenvalue weighted by Gasteiger charge is -2.38. The Morgan fingerprint density at radius 1 is 1.23 bits per heavy atom. The number of sulfonamides is 1. The highest BCUT2D eigenvalue weighted by Gasteiger charge is 2.29. The molecule has 188 valence electrons. The third kappa shape index (κ3) is 5.82. The highest BCUT2D eigenvalue weighted by molar-refractivity contribution is 7.92. The lowest BCUT2D eigenvalue weighted by molar-refractivity contribution is 0.0715. The van der Waals surface area contributed by atoms with E-state index in [1.165, 1.54) is 0 Å². The van der Waals surface area contributed by atoms with Crippen LogP contribution in [-0.2, 0) is 10.0 Å². The quantitative estimate of drug-likeness (QED) is 0.405. The maximum atomic E-state index is 13.4. The van der Waals surface area contributed by atoms with Gasteiger partial charge in [0.2, 0.25) is 10.0 Å². The molecule has 4 rings (SSSR count). The third-order valence-corrected chi connectivity index (χ3v) is 6.95. The molecule has 11 heteroatoms. The number of pyridine rings is 1. The Hall–Kier alpha value is -2.98. The molecule has 3 N–H and O–H groups in total. The first-order valence-electron chi connectivity index (χ1n) is 11.6. The average Bonchev–Trinajstić information content (AvgIpc) is 3.21. The van der Waals surface area contributed by atoms with Crippen molar-refractivity contribution in [2.24, 2.45) is 0 Å². The molecule has 0 aliphatic carbocycles. The number of benzene rings is 1. The molecule has 0 spiro atoms. The second-order valence-electron chi connectivity index (χ2n) is 9.28. The molecule has 1 amide bonds. The van der Waals surface area contributed by atoms with Gasteiger partial charge in [-0.1, -0.05) is 11.6 Å². The van der Waals surface area contributed by atoms with Gasteiger partial charge in [-0.2, -0.15) is 0 Å². The molecule has 1 saturated heterocycles. The highest BCUT2D eigenvalue weighted by atomic mass is 35.5. The number of carbonyl (C=O) groups excluding carboxylic acids is 1. The third-order valence-electron chi connectivity index (χ3n) is 6.13. The van der Waals surface area contributed by atoms with Gasteiger partial charge < -0.3 is 20.1 Å². The first-order chi connectivity index (χ1) is 16.5. The van der Waals surface area contributed by atoms with E-state index in [2.05, 4.69) is 38.8 Å². The fourth-order valence-corrected chi connectivity index (χ4v) is 5.19. The molecule has 1 aromatic carbocycles. The second-order valence-corrected chi connectivity index (χ2v) is 11.4. The van der Waals surface area contributed by atoms with Crippen LogP contribution in [0.4, 0.5) is 17.2 Å². The SMILES string of the molecule is CC(C)Nc1ccc(Cl)nc1N(C)C1CCN(C(=O)c2c[nH]c3ccc(NS(C)(=O)=O)cc23)CC1. The molecule has 0 unspecified atom stereocenters. The number of anilines is 3. The Kier molecular flexibility index (Phi) is 7.14. The smallest absolute Gasteiger partial charge is 0.256 e. The Balaban J connectivity index is 1.47. The van der Waals surface area contributed by atoms with E-state index in [-0.39, 0.29) is 18.0 Å². The van der Waals surface area contributed by atoms with E-state index in [0.29, 0.717) is 34.9 Å². The first kappa shape index (κ1) is 25.1. The van der Waals surface area contributed by atoms with Gasteiger partial charge in [0.05, 0.1) is 17.5 Å². The van der Waals surface area contributed by atoms with Gasteiger partial charge in [-0.25, -0.2) is 13.4 Å². The van der Waals surface area contributed by atoms with Crippen LogP contribution in [-0.4, -0.2) is 67.7 Å². The monoisotopic (exact) mass is 518 g/mol. The molecule has 3 heterocycles. The number of aromatic amines is 1. The molecule has 0 bridgehead atoms. The molecular weight excluding hydrogens is 488 g/mol. The fourth-order valence-electron chi connectivity index (χ4n) is 4.49. The summed E-state index contributed by atoms with van der Waals surface area (Å²) in [6.07, 6.45) is 4.37. The predicted molar refractivity (Wildman–Crippen MR) is 142 cm³/mol. The topological polar surface area (TPSA) is 110 Å². The summed E-state index contributed by atoms with van der Waals surface area (Å²) >= 11 is 6.19. The second kappa shape index (κ2) is 9.94. The van der Waals surface area contributed by atoms with Gasteiger partial charge in [-0.05, 0) is 57.0 Å². The zero-order valence-corrected chi connectivity index (χ0v) is 21.9. The standard InChI is InChI=1S/C24H31ClN6O3S/c1-15(2)27-21-7-8-22(25)28-23(21)30(3)17-9-11-31(12-10-17)24(32)19-14-26-20-6-5-16(13-18(19)20)29-35(4,33)34/h5-8,13-15,17,26-27,29H,9-12H2,1-4H3. The van der Waals surface area contributed by atoms with Gasteiger partial charge in [0.15, 0.2) is 5.82 Å². The fraction of sp³-hybridized carbons (Fsp3) is 0.417. The van der Waals surface area contributed by atoms with Crippen LogP contribution >= 0.6 is 11.6 Å². The van der Waals surface area contributed by atoms with Crippen LogP contribution in [0.15, 0.2) is 36.5 Å². The number of amides is 1. The molecule has 1 aliphatic rings. The largest absolute Gasteiger partial charge is 0.380 e. The van der Waals surface area contributed by atoms with E-state index < -0.39 is 10.0 Å². The van der Waals surface area contributed by atoms with Gasteiger partial charge in [0.1, 0.15) is 5.15 Å².